The minimum atomic E-state index is -1.59. The van der Waals surface area contributed by atoms with Crippen LogP contribution in [-0.2, 0) is 0 Å². The molecule has 0 amide bonds. The van der Waals surface area contributed by atoms with Crippen LogP contribution in [0.3, 0.4) is 0 Å². The van der Waals surface area contributed by atoms with E-state index in [1.54, 1.807) is 0 Å². The summed E-state index contributed by atoms with van der Waals surface area (Å²) in [6.45, 7) is 0. The van der Waals surface area contributed by atoms with Crippen LogP contribution in [0.4, 0.5) is 0 Å². The van der Waals surface area contributed by atoms with Gasteiger partial charge >= 0.3 is 197 Å². The maximum absolute atomic E-state index is 2.39. The molecule has 0 radical (unpaired) electrons. The average Bonchev–Trinajstić information content (AvgIpc) is 2.88. The van der Waals surface area contributed by atoms with Gasteiger partial charge in [0.05, 0.1) is 0 Å². The average molecular weight is 490 g/mol. The van der Waals surface area contributed by atoms with Crippen LogP contribution in [0.15, 0.2) is 146 Å². The van der Waals surface area contributed by atoms with Gasteiger partial charge in [-0.15, -0.1) is 0 Å². The third-order valence-electron chi connectivity index (χ3n) is 5.42. The molecule has 0 nitrogen and oxygen atoms in total. The van der Waals surface area contributed by atoms with Crippen LogP contribution >= 0.6 is 7.92 Å². The van der Waals surface area contributed by atoms with Gasteiger partial charge in [0.25, 0.3) is 0 Å². The monoisotopic (exact) mass is 490 g/mol. The van der Waals surface area contributed by atoms with E-state index in [2.05, 4.69) is 146 Å². The van der Waals surface area contributed by atoms with Crippen LogP contribution in [0.1, 0.15) is 0 Å². The summed E-state index contributed by atoms with van der Waals surface area (Å²) in [5.74, 6) is 0. The van der Waals surface area contributed by atoms with Crippen molar-refractivity contribution in [3.8, 4) is 0 Å². The fraction of sp³-hybridized carbons (Fsp3) is 0. The van der Waals surface area contributed by atoms with Gasteiger partial charge in [0.15, 0.2) is 0 Å². The Hall–Kier alpha value is -2.91. The van der Waals surface area contributed by atoms with Crippen molar-refractivity contribution in [1.29, 1.82) is 0 Å². The van der Waals surface area contributed by atoms with Gasteiger partial charge < -0.3 is 0 Å². The molecule has 0 aliphatic heterocycles. The Balaban J connectivity index is 1.57. The van der Waals surface area contributed by atoms with Gasteiger partial charge in [0.2, 0.25) is 0 Å². The molecule has 0 fully saturated rings. The molecule has 32 heavy (non-hydrogen) atoms. The van der Waals surface area contributed by atoms with Crippen molar-refractivity contribution >= 4 is 51.5 Å². The molecule has 0 aromatic heterocycles. The van der Waals surface area contributed by atoms with Gasteiger partial charge in [0.1, 0.15) is 0 Å². The Labute approximate surface area is 196 Å². The fourth-order valence-corrected chi connectivity index (χ4v) is 11.0. The van der Waals surface area contributed by atoms with Crippen LogP contribution in [0.2, 0.25) is 0 Å². The summed E-state index contributed by atoms with van der Waals surface area (Å²) in [5.41, 5.74) is 0. The van der Waals surface area contributed by atoms with Crippen molar-refractivity contribution < 1.29 is 0 Å². The van der Waals surface area contributed by atoms with Crippen LogP contribution in [0, 0.1) is 0 Å². The molecule has 0 saturated carbocycles. The Kier molecular flexibility index (Phi) is 6.64. The number of hydrogen-bond acceptors (Lipinski definition) is 0. The molecule has 5 aromatic carbocycles. The van der Waals surface area contributed by atoms with Gasteiger partial charge in [-0.3, -0.25) is 0 Å². The Morgan fingerprint density at radius 2 is 0.625 bits per heavy atom. The quantitative estimate of drug-likeness (QED) is 0.250. The van der Waals surface area contributed by atoms with Crippen LogP contribution in [0.5, 0.6) is 0 Å². The van der Waals surface area contributed by atoms with Crippen molar-refractivity contribution in [3.05, 3.63) is 146 Å². The zero-order chi connectivity index (χ0) is 21.6. The Bertz CT molecular complexity index is 1060. The number of benzene rings is 5. The molecule has 0 aliphatic rings. The third kappa shape index (κ3) is 4.63. The molecule has 0 spiro atoms. The van der Waals surface area contributed by atoms with E-state index >= 15 is 0 Å². The molecular formula is C30H24AsP. The summed E-state index contributed by atoms with van der Waals surface area (Å²) in [6.07, 6.45) is 0. The molecule has 0 aliphatic carbocycles. The number of hydrogen-bond donors (Lipinski definition) is 0. The third-order valence-corrected chi connectivity index (χ3v) is 13.0. The molecule has 0 N–H and O–H groups in total. The molecule has 2 heteroatoms. The van der Waals surface area contributed by atoms with Crippen molar-refractivity contribution in [1.82, 2.24) is 0 Å². The van der Waals surface area contributed by atoms with E-state index in [4.69, 9.17) is 0 Å². The molecule has 5 aromatic rings. The second-order valence-electron chi connectivity index (χ2n) is 7.53. The molecule has 0 atom stereocenters. The normalized spacial score (nSPS) is 11.1. The SMILES string of the molecule is c1ccc(P(c2ccccc2)c2ccc([As](c3ccccc3)c3ccccc3)cc2)cc1. The van der Waals surface area contributed by atoms with E-state index in [0.717, 1.165) is 0 Å². The molecule has 0 bridgehead atoms. The van der Waals surface area contributed by atoms with Crippen LogP contribution in [-0.4, -0.2) is 14.7 Å². The van der Waals surface area contributed by atoms with Crippen molar-refractivity contribution in [2.24, 2.45) is 0 Å². The summed E-state index contributed by atoms with van der Waals surface area (Å²) >= 11 is -1.59. The Morgan fingerprint density at radius 3 is 1.03 bits per heavy atom. The molecular weight excluding hydrogens is 466 g/mol. The van der Waals surface area contributed by atoms with Gasteiger partial charge in [-0.2, -0.15) is 0 Å². The first-order valence-electron chi connectivity index (χ1n) is 10.8. The van der Waals surface area contributed by atoms with Crippen molar-refractivity contribution in [3.63, 3.8) is 0 Å². The van der Waals surface area contributed by atoms with E-state index in [-0.39, 0.29) is 0 Å². The van der Waals surface area contributed by atoms with Crippen molar-refractivity contribution in [2.75, 3.05) is 0 Å². The maximum atomic E-state index is 2.39. The number of rotatable bonds is 6. The summed E-state index contributed by atoms with van der Waals surface area (Å²) in [6, 6.07) is 53.4. The second kappa shape index (κ2) is 10.1. The van der Waals surface area contributed by atoms with E-state index in [0.29, 0.717) is 0 Å². The van der Waals surface area contributed by atoms with Crippen molar-refractivity contribution in [2.45, 2.75) is 0 Å². The zero-order valence-electron chi connectivity index (χ0n) is 17.8. The van der Waals surface area contributed by atoms with E-state index in [9.17, 15) is 0 Å². The van der Waals surface area contributed by atoms with Crippen LogP contribution in [0.25, 0.3) is 0 Å². The molecule has 5 rings (SSSR count). The molecule has 0 unspecified atom stereocenters. The Morgan fingerprint density at radius 1 is 0.312 bits per heavy atom. The minimum absolute atomic E-state index is 0.570. The topological polar surface area (TPSA) is 0 Å². The molecule has 0 saturated heterocycles. The zero-order valence-corrected chi connectivity index (χ0v) is 20.5. The summed E-state index contributed by atoms with van der Waals surface area (Å²) in [7, 11) is -0.570. The summed E-state index contributed by atoms with van der Waals surface area (Å²) in [4.78, 5) is 0. The summed E-state index contributed by atoms with van der Waals surface area (Å²) < 4.78 is 4.40. The predicted octanol–water partition coefficient (Wildman–Crippen LogP) is 3.96. The first-order chi connectivity index (χ1) is 15.9. The van der Waals surface area contributed by atoms with Gasteiger partial charge in [-0.1, -0.05) is 0 Å². The fourth-order valence-electron chi connectivity index (χ4n) is 3.95. The van der Waals surface area contributed by atoms with Gasteiger partial charge in [-0.05, 0) is 0 Å². The molecule has 0 heterocycles. The van der Waals surface area contributed by atoms with E-state index in [1.807, 2.05) is 0 Å². The first kappa shape index (κ1) is 21.0. The van der Waals surface area contributed by atoms with Gasteiger partial charge in [-0.25, -0.2) is 0 Å². The first-order valence-corrected chi connectivity index (χ1v) is 15.0. The van der Waals surface area contributed by atoms with Crippen LogP contribution < -0.4 is 29.0 Å². The van der Waals surface area contributed by atoms with E-state index in [1.165, 1.54) is 29.0 Å². The summed E-state index contributed by atoms with van der Waals surface area (Å²) in [5, 5.41) is 4.18. The standard InChI is InChI=1S/C30H24AsP/c1-5-13-25(14-6-1)31(26-15-7-2-8-16-26)27-21-23-30(24-22-27)32(28-17-9-3-10-18-28)29-19-11-4-12-20-29/h1-24H. The predicted molar refractivity (Wildman–Crippen MR) is 143 cm³/mol. The molecule has 154 valence electrons. The van der Waals surface area contributed by atoms with Gasteiger partial charge in [0, 0.05) is 0 Å². The second-order valence-corrected chi connectivity index (χ2v) is 14.4. The van der Waals surface area contributed by atoms with E-state index < -0.39 is 22.6 Å².